The Morgan fingerprint density at radius 3 is 2.19 bits per heavy atom. The molecule has 2 aliphatic heterocycles. The van der Waals surface area contributed by atoms with Gasteiger partial charge in [-0.1, -0.05) is 102 Å². The van der Waals surface area contributed by atoms with Crippen LogP contribution in [-0.4, -0.2) is 27.5 Å². The summed E-state index contributed by atoms with van der Waals surface area (Å²) in [7, 11) is 0. The molecule has 0 radical (unpaired) electrons. The van der Waals surface area contributed by atoms with Gasteiger partial charge >= 0.3 is 4.87 Å². The summed E-state index contributed by atoms with van der Waals surface area (Å²) in [6.07, 6.45) is 0. The number of nitrogens with one attached hydrogen (secondary N) is 1. The van der Waals surface area contributed by atoms with Crippen LogP contribution >= 0.6 is 39.0 Å². The molecule has 3 amide bonds. The van der Waals surface area contributed by atoms with Gasteiger partial charge in [-0.05, 0) is 59.9 Å². The SMILES string of the molecule is Cc1ccc(NC(=O)Cn2c3c(sc2=O)[C@@H](c2ccc(C(C)(C)C)cc2)[C@@H]2C(=O)N(c4ccc(Br)cc4)C(=O)[C@@H]2S3)cc1. The number of carbonyl (C=O) groups excluding carboxylic acids is 3. The van der Waals surface area contributed by atoms with Gasteiger partial charge in [0.15, 0.2) is 0 Å². The van der Waals surface area contributed by atoms with Crippen molar-refractivity contribution < 1.29 is 14.4 Å². The van der Waals surface area contributed by atoms with Crippen molar-refractivity contribution in [2.45, 2.75) is 55.8 Å². The molecular weight excluding hydrogens is 646 g/mol. The van der Waals surface area contributed by atoms with Gasteiger partial charge < -0.3 is 5.32 Å². The Kier molecular flexibility index (Phi) is 7.73. The van der Waals surface area contributed by atoms with Crippen LogP contribution in [0.3, 0.4) is 0 Å². The number of amides is 3. The number of aryl methyl sites for hydroxylation is 1. The Morgan fingerprint density at radius 2 is 1.56 bits per heavy atom. The van der Waals surface area contributed by atoms with Gasteiger partial charge in [0.05, 0.1) is 16.6 Å². The van der Waals surface area contributed by atoms with Crippen LogP contribution in [0.15, 0.2) is 87.1 Å². The van der Waals surface area contributed by atoms with Crippen LogP contribution in [0.4, 0.5) is 11.4 Å². The summed E-state index contributed by atoms with van der Waals surface area (Å²) in [4.78, 5) is 56.2. The van der Waals surface area contributed by atoms with Crippen LogP contribution in [0.5, 0.6) is 0 Å². The number of rotatable bonds is 5. The van der Waals surface area contributed by atoms with Crippen LogP contribution in [0, 0.1) is 12.8 Å². The lowest BCUT2D eigenvalue weighted by Crippen LogP contribution is -2.33. The van der Waals surface area contributed by atoms with Crippen LogP contribution in [-0.2, 0) is 26.3 Å². The number of aromatic nitrogens is 1. The summed E-state index contributed by atoms with van der Waals surface area (Å²) in [6, 6.07) is 22.6. The fourth-order valence-corrected chi connectivity index (χ4v) is 8.67. The molecule has 1 saturated heterocycles. The largest absolute Gasteiger partial charge is 0.325 e. The molecule has 3 atom stereocenters. The fraction of sp³-hybridized carbons (Fsp3) is 0.273. The van der Waals surface area contributed by atoms with Crippen LogP contribution in [0.25, 0.3) is 0 Å². The highest BCUT2D eigenvalue weighted by Crippen LogP contribution is 2.54. The lowest BCUT2D eigenvalue weighted by Gasteiger charge is -2.31. The highest BCUT2D eigenvalue weighted by molar-refractivity contribution is 9.10. The van der Waals surface area contributed by atoms with Crippen LogP contribution < -0.4 is 15.1 Å². The second-order valence-corrected chi connectivity index (χ2v) is 15.0. The molecular formula is C33H30BrN3O4S2. The number of hydrogen-bond acceptors (Lipinski definition) is 6. The van der Waals surface area contributed by atoms with E-state index in [0.717, 1.165) is 32.5 Å². The lowest BCUT2D eigenvalue weighted by atomic mass is 9.81. The molecule has 220 valence electrons. The summed E-state index contributed by atoms with van der Waals surface area (Å²) in [5.74, 6) is -2.15. The molecule has 1 N–H and O–H groups in total. The highest BCUT2D eigenvalue weighted by atomic mass is 79.9. The third kappa shape index (κ3) is 5.52. The van der Waals surface area contributed by atoms with E-state index in [0.29, 0.717) is 21.3 Å². The summed E-state index contributed by atoms with van der Waals surface area (Å²) < 4.78 is 2.29. The zero-order valence-electron chi connectivity index (χ0n) is 24.1. The molecule has 0 saturated carbocycles. The topological polar surface area (TPSA) is 88.5 Å². The molecule has 0 spiro atoms. The molecule has 6 rings (SSSR count). The number of thiazole rings is 1. The molecule has 3 heterocycles. The predicted molar refractivity (Wildman–Crippen MR) is 175 cm³/mol. The number of carbonyl (C=O) groups is 3. The molecule has 4 aromatic rings. The summed E-state index contributed by atoms with van der Waals surface area (Å²) >= 11 is 5.69. The highest BCUT2D eigenvalue weighted by Gasteiger charge is 2.56. The smallest absolute Gasteiger partial charge is 0.308 e. The molecule has 1 fully saturated rings. The monoisotopic (exact) mass is 675 g/mol. The normalized spacial score (nSPS) is 19.7. The van der Waals surface area contributed by atoms with Crippen molar-refractivity contribution in [2.75, 3.05) is 10.2 Å². The van der Waals surface area contributed by atoms with Gasteiger partial charge in [-0.2, -0.15) is 0 Å². The number of anilines is 2. The minimum Gasteiger partial charge on any atom is -0.325 e. The second-order valence-electron chi connectivity index (χ2n) is 11.9. The Bertz CT molecular complexity index is 1790. The van der Waals surface area contributed by atoms with E-state index in [2.05, 4.69) is 42.0 Å². The van der Waals surface area contributed by atoms with Gasteiger partial charge in [0.2, 0.25) is 17.7 Å². The van der Waals surface area contributed by atoms with E-state index >= 15 is 0 Å². The van der Waals surface area contributed by atoms with Crippen molar-refractivity contribution >= 4 is 68.1 Å². The zero-order chi connectivity index (χ0) is 30.6. The van der Waals surface area contributed by atoms with Crippen molar-refractivity contribution in [3.8, 4) is 0 Å². The number of nitrogens with zero attached hydrogens (tertiary/aromatic N) is 2. The number of fused-ring (bicyclic) bond motifs is 2. The van der Waals surface area contributed by atoms with E-state index in [1.54, 1.807) is 24.3 Å². The average Bonchev–Trinajstić information content (AvgIpc) is 3.40. The minimum atomic E-state index is -0.739. The molecule has 2 aliphatic rings. The van der Waals surface area contributed by atoms with Gasteiger partial charge in [-0.25, -0.2) is 4.90 Å². The van der Waals surface area contributed by atoms with E-state index in [1.165, 1.54) is 21.2 Å². The molecule has 3 aromatic carbocycles. The first-order valence-corrected chi connectivity index (χ1v) is 16.4. The maximum atomic E-state index is 14.1. The molecule has 1 aromatic heterocycles. The maximum Gasteiger partial charge on any atom is 0.308 e. The van der Waals surface area contributed by atoms with E-state index in [1.807, 2.05) is 55.5 Å². The molecule has 43 heavy (non-hydrogen) atoms. The van der Waals surface area contributed by atoms with Gasteiger partial charge in [-0.15, -0.1) is 0 Å². The first-order valence-electron chi connectivity index (χ1n) is 13.9. The zero-order valence-corrected chi connectivity index (χ0v) is 27.3. The number of thioether (sulfide) groups is 1. The molecule has 0 unspecified atom stereocenters. The number of halogens is 1. The van der Waals surface area contributed by atoms with Crippen LogP contribution in [0.1, 0.15) is 48.3 Å². The summed E-state index contributed by atoms with van der Waals surface area (Å²) in [5, 5.41) is 2.69. The molecule has 0 aliphatic carbocycles. The third-order valence-corrected chi connectivity index (χ3v) is 11.0. The van der Waals surface area contributed by atoms with Crippen LogP contribution in [0.2, 0.25) is 0 Å². The summed E-state index contributed by atoms with van der Waals surface area (Å²) in [6.45, 7) is 8.17. The minimum absolute atomic E-state index is 0.0644. The van der Waals surface area contributed by atoms with E-state index in [9.17, 15) is 19.2 Å². The maximum absolute atomic E-state index is 14.1. The van der Waals surface area contributed by atoms with Gasteiger partial charge in [0, 0.05) is 21.0 Å². The van der Waals surface area contributed by atoms with Crippen molar-refractivity contribution in [2.24, 2.45) is 5.92 Å². The average molecular weight is 677 g/mol. The number of hydrogen-bond donors (Lipinski definition) is 1. The number of benzene rings is 3. The lowest BCUT2D eigenvalue weighted by molar-refractivity contribution is -0.122. The Balaban J connectivity index is 1.41. The first-order chi connectivity index (χ1) is 20.4. The number of imide groups is 1. The Labute approximate surface area is 266 Å². The second kappa shape index (κ2) is 11.2. The van der Waals surface area contributed by atoms with Gasteiger partial charge in [0.25, 0.3) is 0 Å². The first kappa shape index (κ1) is 29.6. The van der Waals surface area contributed by atoms with E-state index in [-0.39, 0.29) is 34.6 Å². The summed E-state index contributed by atoms with van der Waals surface area (Å²) in [5.41, 5.74) is 4.15. The molecule has 10 heteroatoms. The Hall–Kier alpha value is -3.47. The standard InChI is InChI=1S/C33H30BrN3O4S2/c1-18-5-13-22(14-6-18)35-24(38)17-36-31-28(43-32(36)41)25(19-7-9-20(10-8-19)33(2,3)4)26-27(42-31)30(40)37(29(26)39)23-15-11-21(34)12-16-23/h5-16,25-27H,17H2,1-4H3,(H,35,38)/t25-,26-,27+/m0/s1. The predicted octanol–water partition coefficient (Wildman–Crippen LogP) is 6.71. The quantitative estimate of drug-likeness (QED) is 0.238. The third-order valence-electron chi connectivity index (χ3n) is 7.91. The van der Waals surface area contributed by atoms with Crippen molar-refractivity contribution in [1.82, 2.24) is 4.57 Å². The molecule has 0 bridgehead atoms. The fourth-order valence-electron chi connectivity index (χ4n) is 5.63. The van der Waals surface area contributed by atoms with E-state index < -0.39 is 17.1 Å². The van der Waals surface area contributed by atoms with Crippen molar-refractivity contribution in [1.29, 1.82) is 0 Å². The van der Waals surface area contributed by atoms with Gasteiger partial charge in [0.1, 0.15) is 11.8 Å². The van der Waals surface area contributed by atoms with Crippen molar-refractivity contribution in [3.63, 3.8) is 0 Å². The van der Waals surface area contributed by atoms with Crippen molar-refractivity contribution in [3.05, 3.63) is 109 Å². The molecule has 7 nitrogen and oxygen atoms in total. The van der Waals surface area contributed by atoms with Gasteiger partial charge in [-0.3, -0.25) is 23.7 Å². The Morgan fingerprint density at radius 1 is 0.907 bits per heavy atom. The van der Waals surface area contributed by atoms with E-state index in [4.69, 9.17) is 0 Å².